The van der Waals surface area contributed by atoms with Crippen molar-refractivity contribution in [2.75, 3.05) is 19.4 Å². The van der Waals surface area contributed by atoms with Crippen molar-refractivity contribution in [3.05, 3.63) is 12.2 Å². The SMILES string of the molecule is CC=CCOP(CC(CCCC)CCCCCC)OCC(CCCC)CCCCCC. The van der Waals surface area contributed by atoms with Crippen LogP contribution in [-0.2, 0) is 9.05 Å². The Morgan fingerprint density at radius 3 is 1.68 bits per heavy atom. The minimum atomic E-state index is -0.773. The van der Waals surface area contributed by atoms with Crippen molar-refractivity contribution in [3.63, 3.8) is 0 Å². The molecule has 0 rings (SSSR count). The summed E-state index contributed by atoms with van der Waals surface area (Å²) in [6.07, 6.45) is 26.8. The van der Waals surface area contributed by atoms with Gasteiger partial charge in [-0.2, -0.15) is 0 Å². The monoisotopic (exact) mass is 456 g/mol. The molecule has 0 aliphatic heterocycles. The molecule has 31 heavy (non-hydrogen) atoms. The second-order valence-electron chi connectivity index (χ2n) is 9.39. The first-order valence-electron chi connectivity index (χ1n) is 13.9. The van der Waals surface area contributed by atoms with E-state index in [9.17, 15) is 0 Å². The molecule has 0 amide bonds. The average molecular weight is 457 g/mol. The number of allylic oxidation sites excluding steroid dienone is 1. The van der Waals surface area contributed by atoms with Crippen molar-refractivity contribution in [2.24, 2.45) is 11.8 Å². The summed E-state index contributed by atoms with van der Waals surface area (Å²) in [6, 6.07) is 0. The third kappa shape index (κ3) is 20.4. The van der Waals surface area contributed by atoms with Crippen LogP contribution in [-0.4, -0.2) is 19.4 Å². The number of hydrogen-bond donors (Lipinski definition) is 0. The summed E-state index contributed by atoms with van der Waals surface area (Å²) in [4.78, 5) is 0. The Morgan fingerprint density at radius 1 is 0.613 bits per heavy atom. The lowest BCUT2D eigenvalue weighted by Crippen LogP contribution is -2.13. The van der Waals surface area contributed by atoms with Crippen molar-refractivity contribution in [3.8, 4) is 0 Å². The van der Waals surface area contributed by atoms with Gasteiger partial charge in [0, 0.05) is 6.16 Å². The molecule has 0 heterocycles. The quantitative estimate of drug-likeness (QED) is 0.0816. The molecule has 0 aliphatic carbocycles. The van der Waals surface area contributed by atoms with E-state index in [-0.39, 0.29) is 0 Å². The molecule has 0 bridgehead atoms. The first kappa shape index (κ1) is 31.1. The average Bonchev–Trinajstić information content (AvgIpc) is 2.78. The highest BCUT2D eigenvalue weighted by molar-refractivity contribution is 7.47. The molecule has 0 radical (unpaired) electrons. The van der Waals surface area contributed by atoms with E-state index in [0.29, 0.717) is 12.5 Å². The van der Waals surface area contributed by atoms with Gasteiger partial charge < -0.3 is 9.05 Å². The third-order valence-electron chi connectivity index (χ3n) is 6.28. The van der Waals surface area contributed by atoms with Gasteiger partial charge in [0.05, 0.1) is 13.2 Å². The fourth-order valence-corrected chi connectivity index (χ4v) is 5.81. The molecule has 0 N–H and O–H groups in total. The van der Waals surface area contributed by atoms with Crippen LogP contribution in [0.1, 0.15) is 137 Å². The summed E-state index contributed by atoms with van der Waals surface area (Å²) in [5.41, 5.74) is 0. The highest BCUT2D eigenvalue weighted by atomic mass is 31.2. The van der Waals surface area contributed by atoms with Crippen LogP contribution in [0.5, 0.6) is 0 Å². The highest BCUT2D eigenvalue weighted by Gasteiger charge is 2.20. The molecule has 0 fully saturated rings. The van der Waals surface area contributed by atoms with Gasteiger partial charge in [-0.3, -0.25) is 0 Å². The van der Waals surface area contributed by atoms with Crippen molar-refractivity contribution in [1.29, 1.82) is 0 Å². The molecule has 0 saturated heterocycles. The van der Waals surface area contributed by atoms with Gasteiger partial charge in [-0.15, -0.1) is 0 Å². The van der Waals surface area contributed by atoms with Crippen LogP contribution in [0.3, 0.4) is 0 Å². The summed E-state index contributed by atoms with van der Waals surface area (Å²) in [6.45, 7) is 12.9. The molecule has 0 aromatic carbocycles. The van der Waals surface area contributed by atoms with Crippen LogP contribution < -0.4 is 0 Å². The van der Waals surface area contributed by atoms with Crippen LogP contribution in [0.15, 0.2) is 12.2 Å². The van der Waals surface area contributed by atoms with E-state index < -0.39 is 8.38 Å². The zero-order valence-electron chi connectivity index (χ0n) is 22.0. The van der Waals surface area contributed by atoms with Crippen LogP contribution >= 0.6 is 8.38 Å². The van der Waals surface area contributed by atoms with Crippen molar-refractivity contribution in [2.45, 2.75) is 137 Å². The van der Waals surface area contributed by atoms with Crippen LogP contribution in [0.2, 0.25) is 0 Å². The molecule has 0 aliphatic rings. The summed E-state index contributed by atoms with van der Waals surface area (Å²) in [7, 11) is -0.773. The van der Waals surface area contributed by atoms with Crippen LogP contribution in [0.4, 0.5) is 0 Å². The maximum absolute atomic E-state index is 6.55. The Hall–Kier alpha value is 0.0900. The van der Waals surface area contributed by atoms with Gasteiger partial charge in [-0.25, -0.2) is 0 Å². The third-order valence-corrected chi connectivity index (χ3v) is 7.96. The van der Waals surface area contributed by atoms with Gasteiger partial charge in [0.25, 0.3) is 0 Å². The summed E-state index contributed by atoms with van der Waals surface area (Å²) >= 11 is 0. The minimum absolute atomic E-state index is 0.703. The van der Waals surface area contributed by atoms with E-state index in [1.165, 1.54) is 103 Å². The van der Waals surface area contributed by atoms with Gasteiger partial charge in [0.2, 0.25) is 0 Å². The molecule has 0 aromatic heterocycles. The lowest BCUT2D eigenvalue weighted by molar-refractivity contribution is 0.204. The maximum atomic E-state index is 6.55. The van der Waals surface area contributed by atoms with Gasteiger partial charge in [0.1, 0.15) is 0 Å². The molecule has 0 spiro atoms. The standard InChI is InChI=1S/C28H57O2P/c1-6-11-16-18-22-27(20-13-8-3)25-30-31(29-24-15-10-5)26-28(21-14-9-4)23-19-17-12-7-2/h10,15,27-28H,6-9,11-14,16-26H2,1-5H3. The summed E-state index contributed by atoms with van der Waals surface area (Å²) < 4.78 is 12.8. The van der Waals surface area contributed by atoms with E-state index in [4.69, 9.17) is 9.05 Å². The molecule has 0 aromatic rings. The summed E-state index contributed by atoms with van der Waals surface area (Å²) in [5.74, 6) is 1.48. The topological polar surface area (TPSA) is 18.5 Å². The minimum Gasteiger partial charge on any atom is -0.334 e. The number of rotatable bonds is 24. The Morgan fingerprint density at radius 2 is 1.13 bits per heavy atom. The number of unbranched alkanes of at least 4 members (excludes halogenated alkanes) is 8. The van der Waals surface area contributed by atoms with E-state index in [0.717, 1.165) is 18.7 Å². The Labute approximate surface area is 198 Å². The molecule has 2 nitrogen and oxygen atoms in total. The highest BCUT2D eigenvalue weighted by Crippen LogP contribution is 2.43. The van der Waals surface area contributed by atoms with Gasteiger partial charge in [-0.05, 0) is 44.4 Å². The van der Waals surface area contributed by atoms with Crippen molar-refractivity contribution >= 4 is 8.38 Å². The molecule has 3 atom stereocenters. The van der Waals surface area contributed by atoms with Crippen LogP contribution in [0, 0.1) is 11.8 Å². The lowest BCUT2D eigenvalue weighted by atomic mass is 9.96. The molecule has 0 saturated carbocycles. The second kappa shape index (κ2) is 24.7. The lowest BCUT2D eigenvalue weighted by Gasteiger charge is -2.25. The number of hydrogen-bond acceptors (Lipinski definition) is 2. The van der Waals surface area contributed by atoms with Gasteiger partial charge in [0.15, 0.2) is 8.38 Å². The smallest absolute Gasteiger partial charge is 0.171 e. The van der Waals surface area contributed by atoms with Gasteiger partial charge in [-0.1, -0.05) is 117 Å². The fourth-order valence-electron chi connectivity index (χ4n) is 4.11. The van der Waals surface area contributed by atoms with E-state index in [2.05, 4.69) is 46.8 Å². The van der Waals surface area contributed by atoms with E-state index in [1.807, 2.05) is 0 Å². The Kier molecular flexibility index (Phi) is 24.8. The van der Waals surface area contributed by atoms with Crippen LogP contribution in [0.25, 0.3) is 0 Å². The first-order valence-corrected chi connectivity index (χ1v) is 15.2. The van der Waals surface area contributed by atoms with Crippen molar-refractivity contribution in [1.82, 2.24) is 0 Å². The van der Waals surface area contributed by atoms with Gasteiger partial charge >= 0.3 is 0 Å². The largest absolute Gasteiger partial charge is 0.334 e. The Balaban J connectivity index is 4.77. The molecular formula is C28H57O2P. The Bertz CT molecular complexity index is 372. The normalized spacial score (nSPS) is 14.9. The van der Waals surface area contributed by atoms with Crippen molar-refractivity contribution < 1.29 is 9.05 Å². The predicted molar refractivity (Wildman–Crippen MR) is 142 cm³/mol. The second-order valence-corrected chi connectivity index (χ2v) is 10.9. The zero-order valence-corrected chi connectivity index (χ0v) is 22.9. The zero-order chi connectivity index (χ0) is 23.0. The fraction of sp³-hybridized carbons (Fsp3) is 0.929. The molecule has 3 unspecified atom stereocenters. The molecular weight excluding hydrogens is 399 g/mol. The molecule has 3 heteroatoms. The summed E-state index contributed by atoms with van der Waals surface area (Å²) in [5, 5.41) is 0. The predicted octanol–water partition coefficient (Wildman–Crippen LogP) is 10.5. The van der Waals surface area contributed by atoms with E-state index in [1.54, 1.807) is 0 Å². The molecule has 186 valence electrons. The first-order chi connectivity index (χ1) is 15.2. The maximum Gasteiger partial charge on any atom is 0.171 e. The van der Waals surface area contributed by atoms with E-state index >= 15 is 0 Å².